The number of benzene rings is 2. The van der Waals surface area contributed by atoms with E-state index < -0.39 is 36.4 Å². The average molecular weight is 577 g/mol. The van der Waals surface area contributed by atoms with Crippen LogP contribution in [0.5, 0.6) is 0 Å². The lowest BCUT2D eigenvalue weighted by molar-refractivity contribution is -0.258. The molecule has 0 bridgehead atoms. The molecule has 3 aromatic rings. The SMILES string of the molecule is C[C@H]1C(O)O[C@H](CNC(=O)/C(C#N)=C/c2ccc(-c3ccc4cc(NCCN5CCOCC5)ccc4c3)o2)[C@@H](O)[C@@H]1O. The number of nitrogens with zero attached hydrogens (tertiary/aromatic N) is 2. The van der Waals surface area contributed by atoms with Crippen LogP contribution in [-0.2, 0) is 14.3 Å². The summed E-state index contributed by atoms with van der Waals surface area (Å²) in [6, 6.07) is 17.6. The highest BCUT2D eigenvalue weighted by Gasteiger charge is 2.41. The average Bonchev–Trinajstić information content (AvgIpc) is 3.48. The normalized spacial score (nSPS) is 25.2. The topological polar surface area (TPSA) is 160 Å². The Bertz CT molecular complexity index is 1460. The summed E-state index contributed by atoms with van der Waals surface area (Å²) in [4.78, 5) is 15.0. The maximum absolute atomic E-state index is 12.6. The van der Waals surface area contributed by atoms with Crippen molar-refractivity contribution in [1.29, 1.82) is 5.26 Å². The van der Waals surface area contributed by atoms with E-state index in [0.29, 0.717) is 11.5 Å². The number of aliphatic hydroxyl groups excluding tert-OH is 3. The number of fused-ring (bicyclic) bond motifs is 1. The predicted octanol–water partition coefficient (Wildman–Crippen LogP) is 1.94. The molecule has 11 nitrogen and oxygen atoms in total. The first kappa shape index (κ1) is 29.7. The number of carbonyl (C=O) groups excluding carboxylic acids is 1. The van der Waals surface area contributed by atoms with Crippen LogP contribution < -0.4 is 10.6 Å². The Morgan fingerprint density at radius 2 is 1.83 bits per heavy atom. The molecular weight excluding hydrogens is 540 g/mol. The third-order valence-corrected chi connectivity index (χ3v) is 7.76. The van der Waals surface area contributed by atoms with Gasteiger partial charge in [-0.15, -0.1) is 0 Å². The van der Waals surface area contributed by atoms with Crippen molar-refractivity contribution in [1.82, 2.24) is 10.2 Å². The Balaban J connectivity index is 1.19. The summed E-state index contributed by atoms with van der Waals surface area (Å²) in [6.45, 7) is 6.69. The molecule has 3 heterocycles. The van der Waals surface area contributed by atoms with E-state index in [1.54, 1.807) is 19.1 Å². The van der Waals surface area contributed by atoms with E-state index in [9.17, 15) is 25.4 Å². The molecule has 5 atom stereocenters. The minimum atomic E-state index is -1.30. The van der Waals surface area contributed by atoms with Gasteiger partial charge >= 0.3 is 0 Å². The van der Waals surface area contributed by atoms with Crippen LogP contribution in [0.25, 0.3) is 28.2 Å². The first-order valence-corrected chi connectivity index (χ1v) is 14.1. The fourth-order valence-corrected chi connectivity index (χ4v) is 5.11. The standard InChI is InChI=1S/C31H36N4O7/c1-19-28(36)29(37)27(42-31(19)39)18-34-30(38)23(17-32)16-25-6-7-26(41-25)22-3-2-21-15-24(5-4-20(21)14-22)33-8-9-35-10-12-40-13-11-35/h2-7,14-16,19,27-29,31,33,36-37,39H,8-13,18H2,1H3,(H,34,38)/b23-16+/t19-,27-,28-,29-,31?/m1/s1. The zero-order valence-corrected chi connectivity index (χ0v) is 23.4. The molecule has 5 N–H and O–H groups in total. The molecule has 2 fully saturated rings. The fraction of sp³-hybridized carbons (Fsp3) is 0.419. The monoisotopic (exact) mass is 576 g/mol. The van der Waals surface area contributed by atoms with Crippen molar-refractivity contribution in [2.24, 2.45) is 5.92 Å². The van der Waals surface area contributed by atoms with E-state index >= 15 is 0 Å². The number of aliphatic hydroxyl groups is 3. The largest absolute Gasteiger partial charge is 0.457 e. The van der Waals surface area contributed by atoms with Gasteiger partial charge in [0.2, 0.25) is 0 Å². The van der Waals surface area contributed by atoms with Gasteiger partial charge in [-0.3, -0.25) is 9.69 Å². The van der Waals surface area contributed by atoms with Crippen molar-refractivity contribution in [2.75, 3.05) is 51.3 Å². The van der Waals surface area contributed by atoms with E-state index in [2.05, 4.69) is 33.7 Å². The van der Waals surface area contributed by atoms with Gasteiger partial charge in [-0.2, -0.15) is 5.26 Å². The molecule has 222 valence electrons. The molecule has 0 radical (unpaired) electrons. The molecule has 0 aliphatic carbocycles. The van der Waals surface area contributed by atoms with E-state index in [4.69, 9.17) is 13.9 Å². The number of furan rings is 1. The Hall–Kier alpha value is -3.76. The first-order chi connectivity index (χ1) is 20.3. The maximum atomic E-state index is 12.6. The van der Waals surface area contributed by atoms with Gasteiger partial charge in [0.15, 0.2) is 6.29 Å². The van der Waals surface area contributed by atoms with Crippen LogP contribution in [0.1, 0.15) is 12.7 Å². The van der Waals surface area contributed by atoms with Crippen LogP contribution in [0, 0.1) is 17.2 Å². The summed E-state index contributed by atoms with van der Waals surface area (Å²) in [5.41, 5.74) is 1.71. The number of hydrogen-bond donors (Lipinski definition) is 5. The fourth-order valence-electron chi connectivity index (χ4n) is 5.11. The van der Waals surface area contributed by atoms with Crippen molar-refractivity contribution in [3.8, 4) is 17.4 Å². The number of ether oxygens (including phenoxy) is 2. The second-order valence-electron chi connectivity index (χ2n) is 10.6. The molecule has 2 saturated heterocycles. The lowest BCUT2D eigenvalue weighted by atomic mass is 9.92. The smallest absolute Gasteiger partial charge is 0.262 e. The Morgan fingerprint density at radius 1 is 1.07 bits per heavy atom. The van der Waals surface area contributed by atoms with Gasteiger partial charge in [0.25, 0.3) is 5.91 Å². The molecular formula is C31H36N4O7. The second-order valence-corrected chi connectivity index (χ2v) is 10.6. The number of nitrogens with one attached hydrogen (secondary N) is 2. The summed E-state index contributed by atoms with van der Waals surface area (Å²) >= 11 is 0. The molecule has 1 amide bonds. The van der Waals surface area contributed by atoms with Gasteiger partial charge in [-0.05, 0) is 41.1 Å². The molecule has 1 aromatic heterocycles. The van der Waals surface area contributed by atoms with Crippen LogP contribution >= 0.6 is 0 Å². The Kier molecular flexibility index (Phi) is 9.54. The molecule has 1 unspecified atom stereocenters. The van der Waals surface area contributed by atoms with Gasteiger partial charge in [0.05, 0.1) is 19.3 Å². The third-order valence-electron chi connectivity index (χ3n) is 7.76. The number of carbonyl (C=O) groups is 1. The lowest BCUT2D eigenvalue weighted by Gasteiger charge is -2.39. The molecule has 5 rings (SSSR count). The number of hydrogen-bond acceptors (Lipinski definition) is 10. The highest BCUT2D eigenvalue weighted by molar-refractivity contribution is 6.01. The minimum absolute atomic E-state index is 0.203. The molecule has 42 heavy (non-hydrogen) atoms. The van der Waals surface area contributed by atoms with Crippen molar-refractivity contribution >= 4 is 28.4 Å². The molecule has 0 saturated carbocycles. The molecule has 2 aliphatic heterocycles. The van der Waals surface area contributed by atoms with Crippen molar-refractivity contribution in [3.05, 3.63) is 59.9 Å². The summed E-state index contributed by atoms with van der Waals surface area (Å²) in [6.07, 6.45) is -3.48. The summed E-state index contributed by atoms with van der Waals surface area (Å²) < 4.78 is 16.6. The van der Waals surface area contributed by atoms with E-state index in [-0.39, 0.29) is 12.1 Å². The van der Waals surface area contributed by atoms with E-state index in [0.717, 1.165) is 61.4 Å². The highest BCUT2D eigenvalue weighted by atomic mass is 16.6. The van der Waals surface area contributed by atoms with Crippen LogP contribution in [-0.4, -0.2) is 96.7 Å². The Morgan fingerprint density at radius 3 is 2.62 bits per heavy atom. The summed E-state index contributed by atoms with van der Waals surface area (Å²) in [5.74, 6) is -0.467. The van der Waals surface area contributed by atoms with Crippen molar-refractivity contribution in [2.45, 2.75) is 31.5 Å². The van der Waals surface area contributed by atoms with Crippen LogP contribution in [0.15, 0.2) is 58.5 Å². The number of anilines is 1. The summed E-state index contributed by atoms with van der Waals surface area (Å²) in [5, 5.41) is 47.9. The Labute approximate surface area is 243 Å². The van der Waals surface area contributed by atoms with Crippen LogP contribution in [0.4, 0.5) is 5.69 Å². The number of morpholine rings is 1. The summed E-state index contributed by atoms with van der Waals surface area (Å²) in [7, 11) is 0. The maximum Gasteiger partial charge on any atom is 0.262 e. The zero-order valence-electron chi connectivity index (χ0n) is 23.4. The van der Waals surface area contributed by atoms with Crippen molar-refractivity contribution in [3.63, 3.8) is 0 Å². The molecule has 0 spiro atoms. The number of rotatable bonds is 9. The van der Waals surface area contributed by atoms with Gasteiger partial charge < -0.3 is 39.8 Å². The van der Waals surface area contributed by atoms with Crippen LogP contribution in [0.3, 0.4) is 0 Å². The minimum Gasteiger partial charge on any atom is -0.457 e. The molecule has 11 heteroatoms. The third kappa shape index (κ3) is 6.99. The molecule has 2 aliphatic rings. The van der Waals surface area contributed by atoms with Gasteiger partial charge in [-0.1, -0.05) is 25.1 Å². The van der Waals surface area contributed by atoms with Gasteiger partial charge in [-0.25, -0.2) is 0 Å². The first-order valence-electron chi connectivity index (χ1n) is 14.1. The number of amides is 1. The van der Waals surface area contributed by atoms with Crippen molar-refractivity contribution < 1.29 is 34.0 Å². The molecule has 2 aromatic carbocycles. The number of nitriles is 1. The quantitative estimate of drug-likeness (QED) is 0.188. The van der Waals surface area contributed by atoms with E-state index in [1.165, 1.54) is 6.08 Å². The lowest BCUT2D eigenvalue weighted by Crippen LogP contribution is -2.56. The highest BCUT2D eigenvalue weighted by Crippen LogP contribution is 2.29. The van der Waals surface area contributed by atoms with Gasteiger partial charge in [0, 0.05) is 56.0 Å². The predicted molar refractivity (Wildman–Crippen MR) is 156 cm³/mol. The second kappa shape index (κ2) is 13.5. The van der Waals surface area contributed by atoms with E-state index in [1.807, 2.05) is 24.3 Å². The van der Waals surface area contributed by atoms with Crippen LogP contribution in [0.2, 0.25) is 0 Å². The zero-order chi connectivity index (χ0) is 29.6. The van der Waals surface area contributed by atoms with Gasteiger partial charge in [0.1, 0.15) is 35.4 Å².